The largest absolute Gasteiger partial charge is 0.426 e. The van der Waals surface area contributed by atoms with Gasteiger partial charge in [0, 0.05) is 228 Å². The molecular formula is C88H88Br8O16. The Morgan fingerprint density at radius 2 is 0.268 bits per heavy atom. The van der Waals surface area contributed by atoms with E-state index in [1.54, 1.807) is 0 Å². The van der Waals surface area contributed by atoms with Crippen LogP contribution in [0.25, 0.3) is 0 Å². The zero-order chi connectivity index (χ0) is 81.0. The highest BCUT2D eigenvalue weighted by molar-refractivity contribution is 9.11. The van der Waals surface area contributed by atoms with Crippen molar-refractivity contribution < 1.29 is 76.3 Å². The van der Waals surface area contributed by atoms with Crippen molar-refractivity contribution >= 4 is 175 Å². The van der Waals surface area contributed by atoms with Crippen molar-refractivity contribution in [2.45, 2.75) is 209 Å². The van der Waals surface area contributed by atoms with Gasteiger partial charge in [-0.2, -0.15) is 0 Å². The number of benzene rings is 8. The number of esters is 8. The maximum Gasteiger partial charge on any atom is 0.311 e. The van der Waals surface area contributed by atoms with Crippen molar-refractivity contribution in [3.05, 3.63) is 222 Å². The molecule has 0 saturated heterocycles. The highest BCUT2D eigenvalue weighted by Gasteiger charge is 2.31. The van der Waals surface area contributed by atoms with Gasteiger partial charge in [0.25, 0.3) is 0 Å². The second-order valence-electron chi connectivity index (χ2n) is 27.6. The Morgan fingerprint density at radius 1 is 0.188 bits per heavy atom. The van der Waals surface area contributed by atoms with Gasteiger partial charge in [0.05, 0.1) is 0 Å². The molecule has 1 aliphatic carbocycles. The van der Waals surface area contributed by atoms with E-state index in [1.165, 1.54) is 0 Å². The molecule has 0 saturated carbocycles. The maximum atomic E-state index is 14.2. The van der Waals surface area contributed by atoms with E-state index in [1.807, 2.05) is 152 Å². The first-order valence-corrected chi connectivity index (χ1v) is 44.1. The van der Waals surface area contributed by atoms with Gasteiger partial charge >= 0.3 is 47.8 Å². The summed E-state index contributed by atoms with van der Waals surface area (Å²) >= 11 is 30.6. The summed E-state index contributed by atoms with van der Waals surface area (Å²) in [6.45, 7) is 15.0. The van der Waals surface area contributed by atoms with Gasteiger partial charge < -0.3 is 37.9 Å². The molecular weight excluding hydrogens is 1950 g/mol. The molecule has 0 atom stereocenters. The van der Waals surface area contributed by atoms with Crippen LogP contribution < -0.4 is 37.9 Å². The van der Waals surface area contributed by atoms with Crippen LogP contribution >= 0.6 is 127 Å². The van der Waals surface area contributed by atoms with Crippen LogP contribution in [0.3, 0.4) is 0 Å². The van der Waals surface area contributed by atoms with E-state index in [-0.39, 0.29) is 149 Å². The molecule has 592 valence electrons. The topological polar surface area (TPSA) is 210 Å². The molecule has 1 aliphatic rings. The first kappa shape index (κ1) is 89.3. The fraction of sp³-hybridized carbons (Fsp3) is 0.364. The van der Waals surface area contributed by atoms with Crippen LogP contribution in [0, 0.1) is 0 Å². The van der Waals surface area contributed by atoms with Gasteiger partial charge in [-0.1, -0.05) is 183 Å². The molecule has 8 aromatic rings. The minimum absolute atomic E-state index is 0.0236. The van der Waals surface area contributed by atoms with Crippen LogP contribution in [0.1, 0.15) is 247 Å². The standard InChI is InChI=1S/C88H88Br8O16/c1-9-17-73(97)105-81-49-25-51-35-66(90)37-53(82(51)106-74(98)18-10-2)27-55-39-68(92)41-57(84(55)108-76(100)20-12-4)29-59-43-70(94)45-61(86(59)110-78(102)22-14-6)31-63-47-72(96)48-64(88(63)112-80(104)24-16-8)32-62-46-71(95)44-60(87(62)111-79(103)23-15-7)30-58-42-69(93)40-56(85(58)109-77(101)21-13-5)28-54-38-67(91)36-52(26-50(81)34-65(89)33-49)83(54)107-75(99)19-11-3/h33-48H,9-32H2,1-8H3. The Balaban J connectivity index is 1.41. The van der Waals surface area contributed by atoms with Crippen LogP contribution in [-0.2, 0) is 89.7 Å². The average molecular weight is 2040 g/mol. The number of halogens is 8. The van der Waals surface area contributed by atoms with E-state index in [0.29, 0.717) is 176 Å². The molecule has 0 radical (unpaired) electrons. The summed E-state index contributed by atoms with van der Waals surface area (Å²) in [5.74, 6) is -2.28. The molecule has 0 amide bonds. The van der Waals surface area contributed by atoms with Crippen molar-refractivity contribution in [3.63, 3.8) is 0 Å². The van der Waals surface area contributed by atoms with Crippen molar-refractivity contribution in [1.29, 1.82) is 0 Å². The molecule has 0 aromatic heterocycles. The molecule has 112 heavy (non-hydrogen) atoms. The minimum Gasteiger partial charge on any atom is -0.426 e. The minimum atomic E-state index is -0.506. The molecule has 16 bridgehead atoms. The third kappa shape index (κ3) is 24.7. The van der Waals surface area contributed by atoms with Crippen LogP contribution in [-0.4, -0.2) is 47.8 Å². The van der Waals surface area contributed by atoms with Gasteiger partial charge in [0.2, 0.25) is 0 Å². The SMILES string of the molecule is CCCC(=O)Oc1c2cc(Br)cc1Cc1cc(Br)cc(c1OC(=O)CCC)Cc1cc(Br)cc(c1OC(=O)CCC)Cc1cc(Br)cc(c1OC(=O)CCC)Cc1cc(Br)cc(c1OC(=O)CCC)Cc1cc(Br)cc(c1OC(=O)CCC)Cc1cc(Br)cc(c1OC(=O)CCC)Cc1cc(Br)cc(c1OC(=O)CCC)C2. The first-order valence-electron chi connectivity index (χ1n) is 37.8. The Kier molecular flexibility index (Phi) is 34.1. The van der Waals surface area contributed by atoms with E-state index in [9.17, 15) is 38.4 Å². The monoisotopic (exact) mass is 2030 g/mol. The number of carbonyl (C=O) groups excluding carboxylic acids is 8. The zero-order valence-corrected chi connectivity index (χ0v) is 76.5. The van der Waals surface area contributed by atoms with Crippen LogP contribution in [0.2, 0.25) is 0 Å². The normalized spacial score (nSPS) is 12.1. The second kappa shape index (κ2) is 42.8. The van der Waals surface area contributed by atoms with Gasteiger partial charge in [-0.05, 0) is 148 Å². The van der Waals surface area contributed by atoms with Gasteiger partial charge in [0.15, 0.2) is 0 Å². The summed E-state index contributed by atoms with van der Waals surface area (Å²) in [6.07, 6.45) is 4.56. The second-order valence-corrected chi connectivity index (χ2v) is 35.0. The van der Waals surface area contributed by atoms with Crippen molar-refractivity contribution in [2.24, 2.45) is 0 Å². The molecule has 0 fully saturated rings. The fourth-order valence-electron chi connectivity index (χ4n) is 13.4. The van der Waals surface area contributed by atoms with Crippen molar-refractivity contribution in [2.75, 3.05) is 0 Å². The summed E-state index contributed by atoms with van der Waals surface area (Å²) in [7, 11) is 0. The van der Waals surface area contributed by atoms with Gasteiger partial charge in [-0.25, -0.2) is 0 Å². The molecule has 8 aromatic carbocycles. The summed E-state index contributed by atoms with van der Waals surface area (Å²) in [6, 6.07) is 29.6. The summed E-state index contributed by atoms with van der Waals surface area (Å²) < 4.78 is 57.1. The predicted octanol–water partition coefficient (Wildman–Crippen LogP) is 24.5. The van der Waals surface area contributed by atoms with Crippen molar-refractivity contribution in [3.8, 4) is 46.0 Å². The third-order valence-electron chi connectivity index (χ3n) is 18.1. The number of ether oxygens (including phenoxy) is 8. The zero-order valence-electron chi connectivity index (χ0n) is 63.8. The third-order valence-corrected chi connectivity index (χ3v) is 21.7. The molecule has 0 heterocycles. The lowest BCUT2D eigenvalue weighted by atomic mass is 9.91. The first-order chi connectivity index (χ1) is 53.6. The molecule has 0 spiro atoms. The number of rotatable bonds is 24. The molecule has 16 nitrogen and oxygen atoms in total. The quantitative estimate of drug-likeness (QED) is 0.0407. The lowest BCUT2D eigenvalue weighted by molar-refractivity contribution is -0.135. The van der Waals surface area contributed by atoms with Gasteiger partial charge in [-0.3, -0.25) is 38.4 Å². The van der Waals surface area contributed by atoms with E-state index < -0.39 is 47.8 Å². The number of hydrogen-bond donors (Lipinski definition) is 0. The number of fused-ring (bicyclic) bond motifs is 16. The van der Waals surface area contributed by atoms with Crippen molar-refractivity contribution in [1.82, 2.24) is 0 Å². The highest BCUT2D eigenvalue weighted by Crippen LogP contribution is 2.47. The number of carbonyl (C=O) groups is 8. The van der Waals surface area contributed by atoms with Crippen LogP contribution in [0.5, 0.6) is 46.0 Å². The summed E-state index contributed by atoms with van der Waals surface area (Å²) in [5, 5.41) is 0. The van der Waals surface area contributed by atoms with Gasteiger partial charge in [0.1, 0.15) is 46.0 Å². The molecule has 24 heteroatoms. The van der Waals surface area contributed by atoms with Crippen LogP contribution in [0.4, 0.5) is 0 Å². The van der Waals surface area contributed by atoms with E-state index >= 15 is 0 Å². The van der Waals surface area contributed by atoms with E-state index in [0.717, 1.165) is 0 Å². The number of hydrogen-bond acceptors (Lipinski definition) is 16. The van der Waals surface area contributed by atoms with Crippen LogP contribution in [0.15, 0.2) is 133 Å². The Bertz CT molecular complexity index is 3800. The summed E-state index contributed by atoms with van der Waals surface area (Å²) in [4.78, 5) is 114. The lowest BCUT2D eigenvalue weighted by Crippen LogP contribution is -2.15. The average Bonchev–Trinajstić information content (AvgIpc) is 0.784. The van der Waals surface area contributed by atoms with E-state index in [2.05, 4.69) is 127 Å². The summed E-state index contributed by atoms with van der Waals surface area (Å²) in [5.41, 5.74) is 8.36. The molecule has 0 N–H and O–H groups in total. The smallest absolute Gasteiger partial charge is 0.311 e. The lowest BCUT2D eigenvalue weighted by Gasteiger charge is -2.22. The Morgan fingerprint density at radius 3 is 0.339 bits per heavy atom. The van der Waals surface area contributed by atoms with Gasteiger partial charge in [-0.15, -0.1) is 0 Å². The molecule has 9 rings (SSSR count). The Labute approximate surface area is 722 Å². The van der Waals surface area contributed by atoms with E-state index in [4.69, 9.17) is 37.9 Å². The molecule has 0 aliphatic heterocycles. The fourth-order valence-corrected chi connectivity index (χ4v) is 17.9. The predicted molar refractivity (Wildman–Crippen MR) is 460 cm³/mol. The maximum absolute atomic E-state index is 14.2. The Hall–Kier alpha value is -6.64. The highest BCUT2D eigenvalue weighted by atomic mass is 79.9. The molecule has 0 unspecified atom stereocenters.